The number of hydrogen-bond acceptors (Lipinski definition) is 4. The van der Waals surface area contributed by atoms with Crippen molar-refractivity contribution in [3.8, 4) is 5.75 Å². The first-order valence-electron chi connectivity index (χ1n) is 7.05. The summed E-state index contributed by atoms with van der Waals surface area (Å²) in [5.41, 5.74) is 2.19. The monoisotopic (exact) mass is 304 g/mol. The van der Waals surface area contributed by atoms with E-state index in [9.17, 15) is 9.90 Å². The second-order valence-corrected chi connectivity index (χ2v) is 6.11. The molecule has 1 aromatic carbocycles. The largest absolute Gasteiger partial charge is 0.507 e. The quantitative estimate of drug-likeness (QED) is 0.889. The van der Waals surface area contributed by atoms with Gasteiger partial charge in [0.1, 0.15) is 5.75 Å². The van der Waals surface area contributed by atoms with Crippen LogP contribution < -0.4 is 5.32 Å². The third kappa shape index (κ3) is 3.82. The standard InChI is InChI=1S/C16H20N2O2S/c1-4-11-5-6-14(19)13(7-11)15(20)17-8-12-9-21-16(18-12)10(2)3/h5-7,9-10,19H,4,8H2,1-3H3,(H,17,20). The van der Waals surface area contributed by atoms with Crippen LogP contribution in [0.5, 0.6) is 5.75 Å². The van der Waals surface area contributed by atoms with Crippen molar-refractivity contribution < 1.29 is 9.90 Å². The number of aromatic nitrogens is 1. The van der Waals surface area contributed by atoms with Gasteiger partial charge in [0.05, 0.1) is 22.8 Å². The number of aromatic hydroxyl groups is 1. The molecule has 0 unspecified atom stereocenters. The Balaban J connectivity index is 2.04. The molecule has 5 heteroatoms. The van der Waals surface area contributed by atoms with Crippen molar-refractivity contribution in [1.29, 1.82) is 0 Å². The molecule has 2 aromatic rings. The highest BCUT2D eigenvalue weighted by Crippen LogP contribution is 2.20. The lowest BCUT2D eigenvalue weighted by molar-refractivity contribution is 0.0947. The zero-order valence-electron chi connectivity index (χ0n) is 12.5. The number of amides is 1. The van der Waals surface area contributed by atoms with E-state index < -0.39 is 0 Å². The van der Waals surface area contributed by atoms with Gasteiger partial charge in [-0.2, -0.15) is 0 Å². The summed E-state index contributed by atoms with van der Waals surface area (Å²) in [6.45, 7) is 6.57. The van der Waals surface area contributed by atoms with Crippen molar-refractivity contribution in [1.82, 2.24) is 10.3 Å². The SMILES string of the molecule is CCc1ccc(O)c(C(=O)NCc2csc(C(C)C)n2)c1. The van der Waals surface area contributed by atoms with E-state index in [0.29, 0.717) is 18.0 Å². The predicted octanol–water partition coefficient (Wildman–Crippen LogP) is 3.46. The molecular weight excluding hydrogens is 284 g/mol. The normalized spacial score (nSPS) is 10.9. The molecule has 0 aliphatic heterocycles. The molecule has 0 saturated heterocycles. The first kappa shape index (κ1) is 15.5. The molecule has 0 spiro atoms. The van der Waals surface area contributed by atoms with Gasteiger partial charge < -0.3 is 10.4 Å². The number of phenols is 1. The highest BCUT2D eigenvalue weighted by molar-refractivity contribution is 7.09. The molecule has 0 bridgehead atoms. The second-order valence-electron chi connectivity index (χ2n) is 5.22. The molecule has 0 atom stereocenters. The van der Waals surface area contributed by atoms with Crippen LogP contribution in [0.4, 0.5) is 0 Å². The number of nitrogens with one attached hydrogen (secondary N) is 1. The molecule has 112 valence electrons. The minimum absolute atomic E-state index is 0.00541. The van der Waals surface area contributed by atoms with Gasteiger partial charge in [-0.25, -0.2) is 4.98 Å². The lowest BCUT2D eigenvalue weighted by Crippen LogP contribution is -2.23. The Labute approximate surface area is 128 Å². The van der Waals surface area contributed by atoms with Crippen molar-refractivity contribution >= 4 is 17.2 Å². The summed E-state index contributed by atoms with van der Waals surface area (Å²) in [5.74, 6) is 0.123. The molecular formula is C16H20N2O2S. The summed E-state index contributed by atoms with van der Waals surface area (Å²) in [4.78, 5) is 16.6. The van der Waals surface area contributed by atoms with Crippen molar-refractivity contribution in [2.24, 2.45) is 0 Å². The van der Waals surface area contributed by atoms with Gasteiger partial charge in [0.25, 0.3) is 5.91 Å². The molecule has 0 aliphatic rings. The van der Waals surface area contributed by atoms with Crippen LogP contribution >= 0.6 is 11.3 Å². The van der Waals surface area contributed by atoms with Crippen molar-refractivity contribution in [2.75, 3.05) is 0 Å². The van der Waals surface area contributed by atoms with E-state index in [4.69, 9.17) is 0 Å². The summed E-state index contributed by atoms with van der Waals surface area (Å²) in [6, 6.07) is 5.11. The Morgan fingerprint density at radius 2 is 2.19 bits per heavy atom. The number of carbonyl (C=O) groups is 1. The van der Waals surface area contributed by atoms with Gasteiger partial charge in [-0.15, -0.1) is 11.3 Å². The summed E-state index contributed by atoms with van der Waals surface area (Å²) in [6.07, 6.45) is 0.824. The Bertz CT molecular complexity index is 635. The average molecular weight is 304 g/mol. The first-order valence-corrected chi connectivity index (χ1v) is 7.93. The zero-order chi connectivity index (χ0) is 15.4. The van der Waals surface area contributed by atoms with Crippen LogP contribution in [0.3, 0.4) is 0 Å². The van der Waals surface area contributed by atoms with Crippen LogP contribution in [0.25, 0.3) is 0 Å². The Morgan fingerprint density at radius 3 is 2.81 bits per heavy atom. The van der Waals surface area contributed by atoms with Gasteiger partial charge in [0.15, 0.2) is 0 Å². The van der Waals surface area contributed by atoms with Crippen LogP contribution in [0.1, 0.15) is 53.3 Å². The number of hydrogen-bond donors (Lipinski definition) is 2. The smallest absolute Gasteiger partial charge is 0.255 e. The lowest BCUT2D eigenvalue weighted by Gasteiger charge is -2.07. The Kier molecular flexibility index (Phi) is 4.96. The minimum atomic E-state index is -0.276. The van der Waals surface area contributed by atoms with Crippen molar-refractivity contribution in [3.05, 3.63) is 45.4 Å². The molecule has 4 nitrogen and oxygen atoms in total. The van der Waals surface area contributed by atoms with Gasteiger partial charge in [0, 0.05) is 11.3 Å². The van der Waals surface area contributed by atoms with Crippen molar-refractivity contribution in [3.63, 3.8) is 0 Å². The van der Waals surface area contributed by atoms with E-state index >= 15 is 0 Å². The van der Waals surface area contributed by atoms with Crippen LogP contribution in [0.2, 0.25) is 0 Å². The molecule has 0 fully saturated rings. The maximum absolute atomic E-state index is 12.2. The van der Waals surface area contributed by atoms with Crippen LogP contribution in [0.15, 0.2) is 23.6 Å². The van der Waals surface area contributed by atoms with Gasteiger partial charge >= 0.3 is 0 Å². The zero-order valence-corrected chi connectivity index (χ0v) is 13.3. The molecule has 1 amide bonds. The second kappa shape index (κ2) is 6.72. The number of benzene rings is 1. The number of carbonyl (C=O) groups excluding carboxylic acids is 1. The molecule has 21 heavy (non-hydrogen) atoms. The maximum atomic E-state index is 12.2. The summed E-state index contributed by atoms with van der Waals surface area (Å²) >= 11 is 1.60. The van der Waals surface area contributed by atoms with Crippen LogP contribution in [0, 0.1) is 0 Å². The first-order chi connectivity index (χ1) is 10.0. The number of rotatable bonds is 5. The molecule has 0 radical (unpaired) electrons. The van der Waals surface area contributed by atoms with Gasteiger partial charge in [-0.05, 0) is 24.1 Å². The number of nitrogens with zero attached hydrogens (tertiary/aromatic N) is 1. The molecule has 2 N–H and O–H groups in total. The average Bonchev–Trinajstić information content (AvgIpc) is 2.94. The molecule has 2 rings (SSSR count). The Morgan fingerprint density at radius 1 is 1.43 bits per heavy atom. The molecule has 1 heterocycles. The van der Waals surface area contributed by atoms with E-state index in [1.165, 1.54) is 0 Å². The molecule has 1 aromatic heterocycles. The van der Waals surface area contributed by atoms with Gasteiger partial charge in [-0.1, -0.05) is 26.8 Å². The number of thiazole rings is 1. The summed E-state index contributed by atoms with van der Waals surface area (Å²) in [7, 11) is 0. The van der Waals surface area contributed by atoms with E-state index in [1.807, 2.05) is 18.4 Å². The fourth-order valence-electron chi connectivity index (χ4n) is 1.92. The Hall–Kier alpha value is -1.88. The van der Waals surface area contributed by atoms with E-state index in [0.717, 1.165) is 22.7 Å². The summed E-state index contributed by atoms with van der Waals surface area (Å²) in [5, 5.41) is 15.6. The highest BCUT2D eigenvalue weighted by atomic mass is 32.1. The van der Waals surface area contributed by atoms with E-state index in [2.05, 4.69) is 24.1 Å². The van der Waals surface area contributed by atoms with Crippen LogP contribution in [-0.2, 0) is 13.0 Å². The highest BCUT2D eigenvalue weighted by Gasteiger charge is 2.12. The molecule has 0 aliphatic carbocycles. The number of phenolic OH excluding ortho intramolecular Hbond substituents is 1. The van der Waals surface area contributed by atoms with Gasteiger partial charge in [0.2, 0.25) is 0 Å². The predicted molar refractivity (Wildman–Crippen MR) is 84.9 cm³/mol. The van der Waals surface area contributed by atoms with E-state index in [1.54, 1.807) is 23.5 Å². The maximum Gasteiger partial charge on any atom is 0.255 e. The molecule has 0 saturated carbocycles. The van der Waals surface area contributed by atoms with Gasteiger partial charge in [-0.3, -0.25) is 4.79 Å². The van der Waals surface area contributed by atoms with Crippen LogP contribution in [-0.4, -0.2) is 16.0 Å². The topological polar surface area (TPSA) is 62.2 Å². The summed E-state index contributed by atoms with van der Waals surface area (Å²) < 4.78 is 0. The minimum Gasteiger partial charge on any atom is -0.507 e. The van der Waals surface area contributed by atoms with E-state index in [-0.39, 0.29) is 11.7 Å². The third-order valence-electron chi connectivity index (χ3n) is 3.21. The fourth-order valence-corrected chi connectivity index (χ4v) is 2.76. The lowest BCUT2D eigenvalue weighted by atomic mass is 10.1. The van der Waals surface area contributed by atoms with Crippen molar-refractivity contribution in [2.45, 2.75) is 39.7 Å². The fraction of sp³-hybridized carbons (Fsp3) is 0.375. The number of aryl methyl sites for hydroxylation is 1. The third-order valence-corrected chi connectivity index (χ3v) is 4.40.